The summed E-state index contributed by atoms with van der Waals surface area (Å²) >= 11 is 0. The highest BCUT2D eigenvalue weighted by Gasteiger charge is 2.31. The first-order chi connectivity index (χ1) is 22.6. The van der Waals surface area contributed by atoms with Gasteiger partial charge in [0.2, 0.25) is 0 Å². The maximum atomic E-state index is 13.2. The Kier molecular flexibility index (Phi) is 9.68. The SMILES string of the molecule is Cc1ccc(NC(=O)c2cccc(C(F)(F)F)c2)cc1Nc1cc(CN2CCOCC2)nn1-c1cc(NN2CCN(C)CC2)ncn1. The van der Waals surface area contributed by atoms with Crippen molar-refractivity contribution in [3.63, 3.8) is 0 Å². The lowest BCUT2D eigenvalue weighted by molar-refractivity contribution is -0.137. The Hall–Kier alpha value is -4.57. The van der Waals surface area contributed by atoms with Gasteiger partial charge in [0.1, 0.15) is 18.0 Å². The van der Waals surface area contributed by atoms with Gasteiger partial charge < -0.3 is 25.7 Å². The monoisotopic (exact) mass is 650 g/mol. The Morgan fingerprint density at radius 2 is 1.74 bits per heavy atom. The minimum atomic E-state index is -4.55. The van der Waals surface area contributed by atoms with Crippen molar-refractivity contribution in [2.45, 2.75) is 19.6 Å². The Labute approximate surface area is 270 Å². The van der Waals surface area contributed by atoms with Crippen LogP contribution in [-0.4, -0.2) is 100.0 Å². The normalized spacial score (nSPS) is 16.6. The molecule has 0 saturated carbocycles. The number of amides is 1. The molecule has 2 aliphatic rings. The molecule has 2 saturated heterocycles. The number of likely N-dealkylation sites (N-methyl/N-ethyl adjacent to an activating group) is 1. The molecular formula is C32H37F3N10O2. The van der Waals surface area contributed by atoms with E-state index in [0.29, 0.717) is 48.6 Å². The number of anilines is 4. The number of alkyl halides is 3. The van der Waals surface area contributed by atoms with Crippen LogP contribution in [0, 0.1) is 6.92 Å². The Morgan fingerprint density at radius 3 is 2.51 bits per heavy atom. The van der Waals surface area contributed by atoms with Gasteiger partial charge in [-0.3, -0.25) is 9.69 Å². The molecule has 47 heavy (non-hydrogen) atoms. The number of carbonyl (C=O) groups is 1. The maximum Gasteiger partial charge on any atom is 0.416 e. The predicted octanol–water partition coefficient (Wildman–Crippen LogP) is 4.39. The number of ether oxygens (including phenoxy) is 1. The fraction of sp³-hybridized carbons (Fsp3) is 0.375. The van der Waals surface area contributed by atoms with E-state index in [1.807, 2.05) is 25.1 Å². The van der Waals surface area contributed by atoms with Gasteiger partial charge in [-0.15, -0.1) is 0 Å². The summed E-state index contributed by atoms with van der Waals surface area (Å²) in [6, 6.07) is 13.4. The molecule has 0 unspecified atom stereocenters. The van der Waals surface area contributed by atoms with E-state index in [9.17, 15) is 18.0 Å². The predicted molar refractivity (Wildman–Crippen MR) is 172 cm³/mol. The lowest BCUT2D eigenvalue weighted by atomic mass is 10.1. The number of piperazine rings is 1. The summed E-state index contributed by atoms with van der Waals surface area (Å²) in [6.45, 7) is 9.07. The van der Waals surface area contributed by atoms with E-state index < -0.39 is 17.6 Å². The van der Waals surface area contributed by atoms with Crippen LogP contribution >= 0.6 is 0 Å². The Morgan fingerprint density at radius 1 is 0.957 bits per heavy atom. The Bertz CT molecular complexity index is 1700. The van der Waals surface area contributed by atoms with Crippen molar-refractivity contribution in [1.82, 2.24) is 34.6 Å². The summed E-state index contributed by atoms with van der Waals surface area (Å²) in [5, 5.41) is 13.2. The molecule has 1 amide bonds. The van der Waals surface area contributed by atoms with E-state index in [0.717, 1.165) is 62.7 Å². The molecule has 0 radical (unpaired) electrons. The van der Waals surface area contributed by atoms with Gasteiger partial charge in [0, 0.05) is 74.9 Å². The van der Waals surface area contributed by atoms with E-state index in [2.05, 4.69) is 47.9 Å². The second-order valence-corrected chi connectivity index (χ2v) is 11.7. The number of nitrogens with zero attached hydrogens (tertiary/aromatic N) is 7. The number of benzene rings is 2. The van der Waals surface area contributed by atoms with Crippen molar-refractivity contribution in [2.24, 2.45) is 0 Å². The molecule has 4 heterocycles. The first kappa shape index (κ1) is 32.4. The van der Waals surface area contributed by atoms with Crippen molar-refractivity contribution in [1.29, 1.82) is 0 Å². The molecular weight excluding hydrogens is 613 g/mol. The number of rotatable bonds is 9. The van der Waals surface area contributed by atoms with Crippen LogP contribution in [0.2, 0.25) is 0 Å². The van der Waals surface area contributed by atoms with E-state index >= 15 is 0 Å². The number of morpholine rings is 1. The van der Waals surface area contributed by atoms with E-state index in [4.69, 9.17) is 9.84 Å². The first-order valence-corrected chi connectivity index (χ1v) is 15.4. The molecule has 6 rings (SSSR count). The highest BCUT2D eigenvalue weighted by Crippen LogP contribution is 2.31. The van der Waals surface area contributed by atoms with Crippen LogP contribution in [0.1, 0.15) is 27.2 Å². The molecule has 2 aliphatic heterocycles. The van der Waals surface area contributed by atoms with Gasteiger partial charge in [0.25, 0.3) is 5.91 Å². The number of carbonyl (C=O) groups excluding carboxylic acids is 1. The molecule has 2 aromatic carbocycles. The number of hydrogen-bond acceptors (Lipinski definition) is 10. The highest BCUT2D eigenvalue weighted by atomic mass is 19.4. The third-order valence-electron chi connectivity index (χ3n) is 8.11. The summed E-state index contributed by atoms with van der Waals surface area (Å²) in [5.74, 6) is 1.19. The molecule has 15 heteroatoms. The van der Waals surface area contributed by atoms with Gasteiger partial charge in [-0.05, 0) is 49.9 Å². The number of hydrazine groups is 1. The molecule has 0 atom stereocenters. The molecule has 12 nitrogen and oxygen atoms in total. The van der Waals surface area contributed by atoms with Crippen LogP contribution in [0.15, 0.2) is 60.9 Å². The summed E-state index contributed by atoms with van der Waals surface area (Å²) in [6.07, 6.45) is -3.05. The van der Waals surface area contributed by atoms with Gasteiger partial charge >= 0.3 is 6.18 Å². The van der Waals surface area contributed by atoms with Gasteiger partial charge in [0.05, 0.1) is 24.5 Å². The van der Waals surface area contributed by atoms with Crippen LogP contribution in [0.3, 0.4) is 0 Å². The van der Waals surface area contributed by atoms with Gasteiger partial charge in [-0.1, -0.05) is 12.1 Å². The number of halogens is 3. The van der Waals surface area contributed by atoms with Crippen molar-refractivity contribution < 1.29 is 22.7 Å². The van der Waals surface area contributed by atoms with Crippen molar-refractivity contribution in [3.05, 3.63) is 83.3 Å². The standard InChI is InChI=1S/C32H37F3N10O2/c1-22-6-7-25(38-31(46)23-4-3-5-24(16-23)32(33,34)35)17-27(22)39-30-18-26(20-43-12-14-47-15-13-43)40-45(30)29-19-28(36-21-37-29)41-44-10-8-42(2)9-11-44/h3-7,16-19,21,39H,8-15,20H2,1-2H3,(H,38,46)(H,36,37,41). The zero-order valence-electron chi connectivity index (χ0n) is 26.2. The number of aromatic nitrogens is 4. The van der Waals surface area contributed by atoms with E-state index in [-0.39, 0.29) is 5.56 Å². The number of aryl methyl sites for hydroxylation is 1. The van der Waals surface area contributed by atoms with Crippen LogP contribution in [-0.2, 0) is 17.5 Å². The van der Waals surface area contributed by atoms with Gasteiger partial charge in [-0.25, -0.2) is 15.0 Å². The van der Waals surface area contributed by atoms with Crippen LogP contribution < -0.4 is 16.1 Å². The third-order valence-corrected chi connectivity index (χ3v) is 8.11. The van der Waals surface area contributed by atoms with Crippen molar-refractivity contribution >= 4 is 28.9 Å². The lowest BCUT2D eigenvalue weighted by Gasteiger charge is -2.32. The smallest absolute Gasteiger partial charge is 0.379 e. The largest absolute Gasteiger partial charge is 0.416 e. The average molecular weight is 651 g/mol. The summed E-state index contributed by atoms with van der Waals surface area (Å²) in [7, 11) is 2.10. The molecule has 2 fully saturated rings. The highest BCUT2D eigenvalue weighted by molar-refractivity contribution is 6.04. The molecule has 3 N–H and O–H groups in total. The maximum absolute atomic E-state index is 13.2. The zero-order valence-corrected chi connectivity index (χ0v) is 26.2. The molecule has 0 bridgehead atoms. The van der Waals surface area contributed by atoms with Crippen molar-refractivity contribution in [2.75, 3.05) is 75.6 Å². The summed E-state index contributed by atoms with van der Waals surface area (Å²) < 4.78 is 46.9. The lowest BCUT2D eigenvalue weighted by Crippen LogP contribution is -2.47. The summed E-state index contributed by atoms with van der Waals surface area (Å²) in [4.78, 5) is 26.4. The molecule has 0 aliphatic carbocycles. The van der Waals surface area contributed by atoms with Crippen LogP contribution in [0.4, 0.5) is 36.2 Å². The minimum absolute atomic E-state index is 0.0921. The van der Waals surface area contributed by atoms with Gasteiger partial charge in [-0.2, -0.15) is 23.0 Å². The van der Waals surface area contributed by atoms with E-state index in [1.54, 1.807) is 16.8 Å². The van der Waals surface area contributed by atoms with Crippen LogP contribution in [0.5, 0.6) is 0 Å². The van der Waals surface area contributed by atoms with Gasteiger partial charge in [0.15, 0.2) is 5.82 Å². The average Bonchev–Trinajstić information content (AvgIpc) is 3.45. The fourth-order valence-electron chi connectivity index (χ4n) is 5.38. The topological polar surface area (TPSA) is 116 Å². The fourth-order valence-corrected chi connectivity index (χ4v) is 5.38. The third kappa shape index (κ3) is 8.24. The van der Waals surface area contributed by atoms with Crippen LogP contribution in [0.25, 0.3) is 5.82 Å². The second-order valence-electron chi connectivity index (χ2n) is 11.7. The zero-order chi connectivity index (χ0) is 33.0. The molecule has 0 spiro atoms. The van der Waals surface area contributed by atoms with E-state index in [1.165, 1.54) is 18.5 Å². The number of nitrogens with one attached hydrogen (secondary N) is 3. The second kappa shape index (κ2) is 14.0. The molecule has 2 aromatic heterocycles. The summed E-state index contributed by atoms with van der Waals surface area (Å²) in [5.41, 5.74) is 5.21. The molecule has 4 aromatic rings. The van der Waals surface area contributed by atoms with Crippen molar-refractivity contribution in [3.8, 4) is 5.82 Å². The first-order valence-electron chi connectivity index (χ1n) is 15.4. The Balaban J connectivity index is 1.25. The minimum Gasteiger partial charge on any atom is -0.379 e. The quantitative estimate of drug-likeness (QED) is 0.241. The number of hydrogen-bond donors (Lipinski definition) is 3. The molecule has 248 valence electrons.